The minimum atomic E-state index is -1.35. The molecular weight excluding hydrogens is 398 g/mol. The first kappa shape index (κ1) is 21.2. The summed E-state index contributed by atoms with van der Waals surface area (Å²) in [6, 6.07) is 15.2. The second kappa shape index (κ2) is 8.98. The van der Waals surface area contributed by atoms with Crippen LogP contribution in [0, 0.1) is 5.41 Å². The first-order chi connectivity index (χ1) is 15.0. The Labute approximate surface area is 181 Å². The van der Waals surface area contributed by atoms with Crippen molar-refractivity contribution < 1.29 is 29.3 Å². The van der Waals surface area contributed by atoms with E-state index in [-0.39, 0.29) is 32.1 Å². The fourth-order valence-electron chi connectivity index (χ4n) is 4.45. The van der Waals surface area contributed by atoms with E-state index < -0.39 is 17.5 Å². The molecule has 7 nitrogen and oxygen atoms in total. The second-order valence-electron chi connectivity index (χ2n) is 8.28. The number of fused-ring (bicyclic) bond motifs is 1. The van der Waals surface area contributed by atoms with Crippen molar-refractivity contribution in [2.45, 2.75) is 38.2 Å². The third-order valence-corrected chi connectivity index (χ3v) is 6.29. The predicted molar refractivity (Wildman–Crippen MR) is 113 cm³/mol. The molecule has 7 heteroatoms. The van der Waals surface area contributed by atoms with Gasteiger partial charge in [0.15, 0.2) is 11.5 Å². The zero-order valence-corrected chi connectivity index (χ0v) is 17.3. The first-order valence-electron chi connectivity index (χ1n) is 10.6. The van der Waals surface area contributed by atoms with E-state index in [0.29, 0.717) is 30.9 Å². The maximum atomic E-state index is 13.0. The Morgan fingerprint density at radius 2 is 1.84 bits per heavy atom. The summed E-state index contributed by atoms with van der Waals surface area (Å²) in [5.41, 5.74) is 0.562. The Kier molecular flexibility index (Phi) is 6.13. The quantitative estimate of drug-likeness (QED) is 0.708. The van der Waals surface area contributed by atoms with Gasteiger partial charge >= 0.3 is 5.97 Å². The molecule has 0 radical (unpaired) electrons. The number of carboxylic acids is 1. The Morgan fingerprint density at radius 3 is 2.61 bits per heavy atom. The minimum Gasteiger partial charge on any atom is -0.481 e. The lowest BCUT2D eigenvalue weighted by Crippen LogP contribution is -2.57. The Bertz CT molecular complexity index is 946. The largest absolute Gasteiger partial charge is 0.481 e. The molecule has 31 heavy (non-hydrogen) atoms. The number of aliphatic carboxylic acids is 1. The van der Waals surface area contributed by atoms with Crippen LogP contribution in [0.5, 0.6) is 11.5 Å². The van der Waals surface area contributed by atoms with E-state index in [1.165, 1.54) is 0 Å². The number of likely N-dealkylation sites (tertiary alicyclic amines) is 1. The Hall–Kier alpha value is -3.06. The molecule has 0 aromatic heterocycles. The minimum absolute atomic E-state index is 0.0156. The summed E-state index contributed by atoms with van der Waals surface area (Å²) >= 11 is 0. The van der Waals surface area contributed by atoms with Crippen LogP contribution in [0.3, 0.4) is 0 Å². The number of hydrogen-bond acceptors (Lipinski definition) is 5. The molecule has 2 aliphatic heterocycles. The maximum absolute atomic E-state index is 13.0. The van der Waals surface area contributed by atoms with Crippen molar-refractivity contribution in [2.75, 3.05) is 19.9 Å². The highest BCUT2D eigenvalue weighted by molar-refractivity contribution is 5.82. The normalized spacial score (nSPS) is 22.4. The predicted octanol–water partition coefficient (Wildman–Crippen LogP) is 2.64. The molecule has 0 bridgehead atoms. The van der Waals surface area contributed by atoms with Crippen LogP contribution in [0.15, 0.2) is 48.5 Å². The molecule has 1 saturated heterocycles. The molecule has 2 aromatic rings. The maximum Gasteiger partial charge on any atom is 0.314 e. The van der Waals surface area contributed by atoms with E-state index in [4.69, 9.17) is 9.47 Å². The van der Waals surface area contributed by atoms with Gasteiger partial charge in [0.2, 0.25) is 12.7 Å². The number of carboxylic acid groups (broad SMARTS) is 1. The summed E-state index contributed by atoms with van der Waals surface area (Å²) in [7, 11) is 0. The van der Waals surface area contributed by atoms with E-state index in [0.717, 1.165) is 17.5 Å². The first-order valence-corrected chi connectivity index (χ1v) is 10.6. The highest BCUT2D eigenvalue weighted by Gasteiger charge is 2.49. The molecule has 0 saturated carbocycles. The summed E-state index contributed by atoms with van der Waals surface area (Å²) < 4.78 is 10.7. The van der Waals surface area contributed by atoms with Gasteiger partial charge in [0.25, 0.3) is 0 Å². The van der Waals surface area contributed by atoms with E-state index in [1.54, 1.807) is 17.0 Å². The summed E-state index contributed by atoms with van der Waals surface area (Å²) in [6.07, 6.45) is 1.09. The highest BCUT2D eigenvalue weighted by Crippen LogP contribution is 2.37. The average Bonchev–Trinajstić information content (AvgIpc) is 3.23. The van der Waals surface area contributed by atoms with Crippen molar-refractivity contribution in [3.05, 3.63) is 59.7 Å². The summed E-state index contributed by atoms with van der Waals surface area (Å²) in [6.45, 7) is 0.529. The highest BCUT2D eigenvalue weighted by atomic mass is 16.7. The number of aryl methyl sites for hydroxylation is 1. The molecular formula is C24H27NO6. The third kappa shape index (κ3) is 4.51. The molecule has 2 heterocycles. The number of aliphatic hydroxyl groups is 1. The summed E-state index contributed by atoms with van der Waals surface area (Å²) in [5.74, 6) is 0.0638. The van der Waals surface area contributed by atoms with E-state index >= 15 is 0 Å². The topological polar surface area (TPSA) is 96.3 Å². The lowest BCUT2D eigenvalue weighted by molar-refractivity contribution is -0.166. The van der Waals surface area contributed by atoms with Crippen LogP contribution >= 0.6 is 0 Å². The average molecular weight is 425 g/mol. The molecule has 1 fully saturated rings. The zero-order valence-electron chi connectivity index (χ0n) is 17.3. The van der Waals surface area contributed by atoms with Crippen molar-refractivity contribution >= 4 is 11.9 Å². The lowest BCUT2D eigenvalue weighted by atomic mass is 9.73. The Morgan fingerprint density at radius 1 is 1.06 bits per heavy atom. The molecule has 2 atom stereocenters. The van der Waals surface area contributed by atoms with Gasteiger partial charge in [-0.05, 0) is 48.9 Å². The fraction of sp³-hybridized carbons (Fsp3) is 0.417. The third-order valence-electron chi connectivity index (χ3n) is 6.29. The van der Waals surface area contributed by atoms with Gasteiger partial charge in [-0.15, -0.1) is 0 Å². The van der Waals surface area contributed by atoms with Crippen LogP contribution < -0.4 is 9.47 Å². The number of aliphatic hydroxyl groups excluding tert-OH is 1. The number of piperidine rings is 1. The van der Waals surface area contributed by atoms with Gasteiger partial charge in [-0.3, -0.25) is 9.59 Å². The molecule has 2 aromatic carbocycles. The van der Waals surface area contributed by atoms with E-state index in [1.807, 2.05) is 36.4 Å². The van der Waals surface area contributed by atoms with Gasteiger partial charge in [-0.1, -0.05) is 36.4 Å². The molecule has 0 aliphatic carbocycles. The molecule has 4 rings (SSSR count). The zero-order chi connectivity index (χ0) is 21.8. The summed E-state index contributed by atoms with van der Waals surface area (Å²) in [5, 5.41) is 20.7. The fourth-order valence-corrected chi connectivity index (χ4v) is 4.45. The second-order valence-corrected chi connectivity index (χ2v) is 8.28. The number of carbonyl (C=O) groups excluding carboxylic acids is 1. The van der Waals surface area contributed by atoms with Gasteiger partial charge in [0.05, 0.1) is 12.5 Å². The van der Waals surface area contributed by atoms with Gasteiger partial charge in [-0.25, -0.2) is 0 Å². The van der Waals surface area contributed by atoms with Crippen LogP contribution in [0.4, 0.5) is 0 Å². The summed E-state index contributed by atoms with van der Waals surface area (Å²) in [4.78, 5) is 26.8. The number of amides is 1. The molecule has 2 aliphatic rings. The number of nitrogens with zero attached hydrogens (tertiary/aromatic N) is 1. The smallest absolute Gasteiger partial charge is 0.314 e. The van der Waals surface area contributed by atoms with Crippen LogP contribution in [0.1, 0.15) is 30.4 Å². The van der Waals surface area contributed by atoms with Gasteiger partial charge in [0, 0.05) is 13.1 Å². The van der Waals surface area contributed by atoms with Gasteiger partial charge in [-0.2, -0.15) is 0 Å². The van der Waals surface area contributed by atoms with Crippen LogP contribution in [-0.2, 0) is 22.4 Å². The number of carbonyl (C=O) groups is 2. The van der Waals surface area contributed by atoms with Crippen molar-refractivity contribution in [3.63, 3.8) is 0 Å². The number of ether oxygens (including phenoxy) is 2. The van der Waals surface area contributed by atoms with E-state index in [9.17, 15) is 19.8 Å². The monoisotopic (exact) mass is 425 g/mol. The van der Waals surface area contributed by atoms with Crippen LogP contribution in [0.25, 0.3) is 0 Å². The van der Waals surface area contributed by atoms with Crippen molar-refractivity contribution in [1.82, 2.24) is 4.90 Å². The molecule has 0 unspecified atom stereocenters. The number of benzene rings is 2. The van der Waals surface area contributed by atoms with Crippen LogP contribution in [0.2, 0.25) is 0 Å². The Balaban J connectivity index is 1.43. The molecule has 2 N–H and O–H groups in total. The number of rotatable bonds is 7. The van der Waals surface area contributed by atoms with Gasteiger partial charge in [0.1, 0.15) is 5.41 Å². The van der Waals surface area contributed by atoms with Crippen LogP contribution in [-0.4, -0.2) is 53.0 Å². The SMILES string of the molecule is O=C(Cc1ccc2c(c1)OCO2)N1CC[C@@H](O)[C@](CCCc2ccccc2)(C(=O)O)C1. The van der Waals surface area contributed by atoms with Crippen molar-refractivity contribution in [3.8, 4) is 11.5 Å². The van der Waals surface area contributed by atoms with Gasteiger partial charge < -0.3 is 24.6 Å². The molecule has 0 spiro atoms. The van der Waals surface area contributed by atoms with E-state index in [2.05, 4.69) is 0 Å². The van der Waals surface area contributed by atoms with Crippen molar-refractivity contribution in [1.29, 1.82) is 0 Å². The standard InChI is InChI=1S/C24H27NO6/c26-21-10-12-25(22(27)14-18-8-9-19-20(13-18)31-16-30-19)15-24(21,23(28)29)11-4-7-17-5-2-1-3-6-17/h1-3,5-6,8-9,13,21,26H,4,7,10-12,14-16H2,(H,28,29)/t21-,24-/m1/s1. The lowest BCUT2D eigenvalue weighted by Gasteiger charge is -2.43. The molecule has 1 amide bonds. The number of hydrogen-bond donors (Lipinski definition) is 2. The van der Waals surface area contributed by atoms with Crippen molar-refractivity contribution in [2.24, 2.45) is 5.41 Å². The molecule has 164 valence electrons.